The van der Waals surface area contributed by atoms with E-state index in [0.717, 1.165) is 32.5 Å². The molecule has 1 aromatic heterocycles. The number of rotatable bonds is 4. The Bertz CT molecular complexity index is 631. The molecule has 2 aromatic rings. The average molecular weight is 309 g/mol. The molecule has 0 unspecified atom stereocenters. The zero-order chi connectivity index (χ0) is 16.1. The zero-order valence-electron chi connectivity index (χ0n) is 13.5. The first kappa shape index (κ1) is 15.7. The first-order valence-electron chi connectivity index (χ1n) is 8.20. The van der Waals surface area contributed by atoms with Crippen LogP contribution in [-0.2, 0) is 6.54 Å². The van der Waals surface area contributed by atoms with E-state index in [0.29, 0.717) is 11.5 Å². The fourth-order valence-corrected chi connectivity index (χ4v) is 3.17. The van der Waals surface area contributed by atoms with E-state index in [4.69, 9.17) is 0 Å². The second-order valence-corrected chi connectivity index (χ2v) is 6.08. The van der Waals surface area contributed by atoms with E-state index < -0.39 is 0 Å². The number of hydrogen-bond acceptors (Lipinski definition) is 3. The maximum Gasteiger partial charge on any atom is 0.251 e. The first-order valence-corrected chi connectivity index (χ1v) is 8.20. The molecule has 0 saturated carbocycles. The molecule has 1 aliphatic heterocycles. The summed E-state index contributed by atoms with van der Waals surface area (Å²) >= 11 is 0. The molecule has 23 heavy (non-hydrogen) atoms. The van der Waals surface area contributed by atoms with Crippen molar-refractivity contribution in [2.75, 3.05) is 20.1 Å². The lowest BCUT2D eigenvalue weighted by molar-refractivity contribution is 0.0963. The molecule has 1 aliphatic rings. The van der Waals surface area contributed by atoms with Crippen molar-refractivity contribution in [2.45, 2.75) is 25.3 Å². The second kappa shape index (κ2) is 7.38. The van der Waals surface area contributed by atoms with Gasteiger partial charge in [0.05, 0.1) is 0 Å². The molecule has 3 rings (SSSR count). The lowest BCUT2D eigenvalue weighted by Crippen LogP contribution is -2.32. The SMILES string of the molecule is CNC(=O)c1ccc(CN2CCC(c3ccccn3)CC2)cc1. The first-order chi connectivity index (χ1) is 11.3. The van der Waals surface area contributed by atoms with Gasteiger partial charge in [0.2, 0.25) is 0 Å². The molecule has 2 heterocycles. The van der Waals surface area contributed by atoms with Crippen molar-refractivity contribution in [2.24, 2.45) is 0 Å². The van der Waals surface area contributed by atoms with Crippen LogP contribution in [0.5, 0.6) is 0 Å². The smallest absolute Gasteiger partial charge is 0.251 e. The quantitative estimate of drug-likeness (QED) is 0.944. The van der Waals surface area contributed by atoms with Crippen molar-refractivity contribution in [3.05, 3.63) is 65.5 Å². The van der Waals surface area contributed by atoms with Gasteiger partial charge in [0, 0.05) is 37.0 Å². The topological polar surface area (TPSA) is 45.2 Å². The summed E-state index contributed by atoms with van der Waals surface area (Å²) in [6.07, 6.45) is 4.20. The van der Waals surface area contributed by atoms with E-state index in [1.54, 1.807) is 7.05 Å². The third-order valence-corrected chi connectivity index (χ3v) is 4.54. The summed E-state index contributed by atoms with van der Waals surface area (Å²) in [5.74, 6) is 0.552. The van der Waals surface area contributed by atoms with Crippen LogP contribution in [0.25, 0.3) is 0 Å². The van der Waals surface area contributed by atoms with Gasteiger partial charge in [-0.3, -0.25) is 14.7 Å². The summed E-state index contributed by atoms with van der Waals surface area (Å²) in [6, 6.07) is 14.1. The van der Waals surface area contributed by atoms with Crippen molar-refractivity contribution < 1.29 is 4.79 Å². The third-order valence-electron chi connectivity index (χ3n) is 4.54. The Kier molecular flexibility index (Phi) is 5.03. The summed E-state index contributed by atoms with van der Waals surface area (Å²) in [4.78, 5) is 18.5. The van der Waals surface area contributed by atoms with Crippen LogP contribution in [0.3, 0.4) is 0 Å². The van der Waals surface area contributed by atoms with Crippen LogP contribution in [0.15, 0.2) is 48.7 Å². The molecule has 1 fully saturated rings. The molecule has 0 atom stereocenters. The molecule has 120 valence electrons. The zero-order valence-corrected chi connectivity index (χ0v) is 13.5. The van der Waals surface area contributed by atoms with Crippen molar-refractivity contribution in [3.8, 4) is 0 Å². The minimum Gasteiger partial charge on any atom is -0.355 e. The van der Waals surface area contributed by atoms with Gasteiger partial charge in [0.1, 0.15) is 0 Å². The third kappa shape index (κ3) is 3.96. The van der Waals surface area contributed by atoms with Crippen LogP contribution < -0.4 is 5.32 Å². The monoisotopic (exact) mass is 309 g/mol. The normalized spacial score (nSPS) is 16.2. The van der Waals surface area contributed by atoms with Gasteiger partial charge in [0.25, 0.3) is 5.91 Å². The predicted octanol–water partition coefficient (Wildman–Crippen LogP) is 2.82. The molecule has 4 heteroatoms. The molecule has 1 amide bonds. The number of pyridine rings is 1. The van der Waals surface area contributed by atoms with E-state index in [1.807, 2.05) is 24.4 Å². The van der Waals surface area contributed by atoms with Gasteiger partial charge < -0.3 is 5.32 Å². The number of amides is 1. The maximum atomic E-state index is 11.6. The maximum absolute atomic E-state index is 11.6. The highest BCUT2D eigenvalue weighted by Gasteiger charge is 2.21. The number of hydrogen-bond donors (Lipinski definition) is 1. The van der Waals surface area contributed by atoms with Crippen LogP contribution >= 0.6 is 0 Å². The number of benzene rings is 1. The van der Waals surface area contributed by atoms with Crippen LogP contribution in [0.1, 0.15) is 40.4 Å². The highest BCUT2D eigenvalue weighted by molar-refractivity contribution is 5.93. The molecule has 1 N–H and O–H groups in total. The highest BCUT2D eigenvalue weighted by Crippen LogP contribution is 2.27. The van der Waals surface area contributed by atoms with Gasteiger partial charge >= 0.3 is 0 Å². The standard InChI is InChI=1S/C19H23N3O/c1-20-19(23)17-7-5-15(6-8-17)14-22-12-9-16(10-13-22)18-4-2-3-11-21-18/h2-8,11,16H,9-10,12-14H2,1H3,(H,20,23). The molecule has 1 saturated heterocycles. The number of carbonyl (C=O) groups excluding carboxylic acids is 1. The van der Waals surface area contributed by atoms with E-state index in [9.17, 15) is 4.79 Å². The fourth-order valence-electron chi connectivity index (χ4n) is 3.17. The van der Waals surface area contributed by atoms with Gasteiger partial charge in [0.15, 0.2) is 0 Å². The van der Waals surface area contributed by atoms with Gasteiger partial charge in [-0.2, -0.15) is 0 Å². The molecule has 0 aliphatic carbocycles. The van der Waals surface area contributed by atoms with Gasteiger partial charge in [-0.25, -0.2) is 0 Å². The predicted molar refractivity (Wildman–Crippen MR) is 91.3 cm³/mol. The number of carbonyl (C=O) groups is 1. The number of piperidine rings is 1. The van der Waals surface area contributed by atoms with Crippen LogP contribution in [-0.4, -0.2) is 35.9 Å². The Morgan fingerprint density at radius 1 is 1.17 bits per heavy atom. The number of likely N-dealkylation sites (tertiary alicyclic amines) is 1. The number of nitrogens with one attached hydrogen (secondary N) is 1. The van der Waals surface area contributed by atoms with Gasteiger partial charge in [-0.1, -0.05) is 18.2 Å². The molecular weight excluding hydrogens is 286 g/mol. The van der Waals surface area contributed by atoms with Crippen molar-refractivity contribution in [1.29, 1.82) is 0 Å². The minimum atomic E-state index is -0.0345. The number of nitrogens with zero attached hydrogens (tertiary/aromatic N) is 2. The molecule has 0 bridgehead atoms. The summed E-state index contributed by atoms with van der Waals surface area (Å²) in [6.45, 7) is 3.14. The summed E-state index contributed by atoms with van der Waals surface area (Å²) in [5, 5.41) is 2.65. The average Bonchev–Trinajstić information content (AvgIpc) is 2.63. The van der Waals surface area contributed by atoms with Crippen LogP contribution in [0.4, 0.5) is 0 Å². The lowest BCUT2D eigenvalue weighted by Gasteiger charge is -2.31. The molecule has 4 nitrogen and oxygen atoms in total. The van der Waals surface area contributed by atoms with Gasteiger partial charge in [-0.05, 0) is 55.8 Å². The van der Waals surface area contributed by atoms with Crippen LogP contribution in [0, 0.1) is 0 Å². The summed E-state index contributed by atoms with van der Waals surface area (Å²) in [7, 11) is 1.65. The summed E-state index contributed by atoms with van der Waals surface area (Å²) < 4.78 is 0. The molecular formula is C19H23N3O. The van der Waals surface area contributed by atoms with Crippen molar-refractivity contribution in [3.63, 3.8) is 0 Å². The Morgan fingerprint density at radius 3 is 2.52 bits per heavy atom. The van der Waals surface area contributed by atoms with Crippen LogP contribution in [0.2, 0.25) is 0 Å². The Balaban J connectivity index is 1.53. The number of aromatic nitrogens is 1. The highest BCUT2D eigenvalue weighted by atomic mass is 16.1. The molecule has 0 radical (unpaired) electrons. The van der Waals surface area contributed by atoms with Crippen molar-refractivity contribution in [1.82, 2.24) is 15.2 Å². The Morgan fingerprint density at radius 2 is 1.91 bits per heavy atom. The van der Waals surface area contributed by atoms with E-state index in [-0.39, 0.29) is 5.91 Å². The Hall–Kier alpha value is -2.20. The second-order valence-electron chi connectivity index (χ2n) is 6.08. The largest absolute Gasteiger partial charge is 0.355 e. The summed E-state index contributed by atoms with van der Waals surface area (Å²) in [5.41, 5.74) is 3.20. The van der Waals surface area contributed by atoms with E-state index in [1.165, 1.54) is 11.3 Å². The molecule has 0 spiro atoms. The van der Waals surface area contributed by atoms with Crippen molar-refractivity contribution >= 4 is 5.91 Å². The van der Waals surface area contributed by atoms with E-state index in [2.05, 4.69) is 39.5 Å². The van der Waals surface area contributed by atoms with Gasteiger partial charge in [-0.15, -0.1) is 0 Å². The lowest BCUT2D eigenvalue weighted by atomic mass is 9.93. The van der Waals surface area contributed by atoms with E-state index >= 15 is 0 Å². The fraction of sp³-hybridized carbons (Fsp3) is 0.368. The molecule has 1 aromatic carbocycles. The minimum absolute atomic E-state index is 0.0345. The Labute approximate surface area is 137 Å².